The number of anilines is 1. The van der Waals surface area contributed by atoms with E-state index < -0.39 is 17.7 Å². The van der Waals surface area contributed by atoms with E-state index in [0.717, 1.165) is 11.1 Å². The molecule has 41 heavy (non-hydrogen) atoms. The number of thiazole rings is 1. The molecule has 1 unspecified atom stereocenters. The standard InChI is InChI=1S/C31H29ClN2O6S/c1-4-15-40-23-14-9-19(16-24(23)39-6-3)27-26(28(35)18-7-11-21(12-8-18)38-5-2)29(36)30(37)34(27)31-33-22-13-10-20(32)17-25(22)41-31/h7-14,16-17,27,35H,4-6,15H2,1-3H3. The number of halogens is 1. The number of benzene rings is 3. The molecular weight excluding hydrogens is 564 g/mol. The van der Waals surface area contributed by atoms with E-state index in [4.69, 9.17) is 25.8 Å². The van der Waals surface area contributed by atoms with Crippen LogP contribution in [0.25, 0.3) is 16.0 Å². The zero-order valence-electron chi connectivity index (χ0n) is 22.8. The zero-order valence-corrected chi connectivity index (χ0v) is 24.4. The summed E-state index contributed by atoms with van der Waals surface area (Å²) in [6.45, 7) is 7.13. The number of nitrogens with zero attached hydrogens (tertiary/aromatic N) is 2. The average Bonchev–Trinajstić information content (AvgIpc) is 3.50. The molecule has 10 heteroatoms. The normalized spacial score (nSPS) is 16.4. The number of fused-ring (bicyclic) bond motifs is 1. The van der Waals surface area contributed by atoms with Gasteiger partial charge in [-0.2, -0.15) is 0 Å². The minimum Gasteiger partial charge on any atom is -0.507 e. The van der Waals surface area contributed by atoms with Crippen LogP contribution >= 0.6 is 22.9 Å². The molecule has 1 amide bonds. The molecule has 1 aliphatic rings. The van der Waals surface area contributed by atoms with Gasteiger partial charge in [-0.1, -0.05) is 35.9 Å². The van der Waals surface area contributed by atoms with Crippen molar-refractivity contribution in [3.05, 3.63) is 82.4 Å². The molecule has 0 spiro atoms. The van der Waals surface area contributed by atoms with E-state index in [1.807, 2.05) is 20.8 Å². The minimum atomic E-state index is -0.975. The first-order valence-corrected chi connectivity index (χ1v) is 14.6. The number of rotatable bonds is 10. The van der Waals surface area contributed by atoms with Gasteiger partial charge in [-0.25, -0.2) is 4.98 Å². The second-order valence-corrected chi connectivity index (χ2v) is 10.7. The quantitative estimate of drug-likeness (QED) is 0.118. The molecule has 0 radical (unpaired) electrons. The Balaban J connectivity index is 1.69. The van der Waals surface area contributed by atoms with Gasteiger partial charge in [-0.05, 0) is 80.4 Å². The molecule has 0 saturated carbocycles. The number of carbonyl (C=O) groups is 2. The SMILES string of the molecule is CCCOc1ccc(C2C(=C(O)c3ccc(OCC)cc3)C(=O)C(=O)N2c2nc3ccc(Cl)cc3s2)cc1OCC. The third kappa shape index (κ3) is 5.60. The Bertz CT molecular complexity index is 1630. The summed E-state index contributed by atoms with van der Waals surface area (Å²) in [5.41, 5.74) is 1.52. The third-order valence-electron chi connectivity index (χ3n) is 6.47. The molecule has 1 aromatic heterocycles. The van der Waals surface area contributed by atoms with E-state index >= 15 is 0 Å². The van der Waals surface area contributed by atoms with Gasteiger partial charge < -0.3 is 19.3 Å². The third-order valence-corrected chi connectivity index (χ3v) is 7.73. The Morgan fingerprint density at radius 3 is 2.41 bits per heavy atom. The zero-order chi connectivity index (χ0) is 29.1. The summed E-state index contributed by atoms with van der Waals surface area (Å²) in [6, 6.07) is 16.2. The van der Waals surface area contributed by atoms with E-state index in [2.05, 4.69) is 4.98 Å². The molecule has 4 aromatic rings. The number of amides is 1. The van der Waals surface area contributed by atoms with Crippen LogP contribution in [-0.2, 0) is 9.59 Å². The first-order valence-electron chi connectivity index (χ1n) is 13.4. The molecule has 0 aliphatic carbocycles. The molecule has 5 rings (SSSR count). The van der Waals surface area contributed by atoms with Crippen molar-refractivity contribution in [1.29, 1.82) is 0 Å². The predicted molar refractivity (Wildman–Crippen MR) is 160 cm³/mol. The van der Waals surface area contributed by atoms with Crippen molar-refractivity contribution < 1.29 is 28.9 Å². The Kier molecular flexibility index (Phi) is 8.46. The summed E-state index contributed by atoms with van der Waals surface area (Å²) in [5, 5.41) is 12.3. The number of carbonyl (C=O) groups excluding carboxylic acids is 2. The van der Waals surface area contributed by atoms with Crippen LogP contribution in [0.1, 0.15) is 44.4 Å². The Morgan fingerprint density at radius 1 is 0.951 bits per heavy atom. The Morgan fingerprint density at radius 2 is 1.71 bits per heavy atom. The maximum Gasteiger partial charge on any atom is 0.301 e. The number of ether oxygens (including phenoxy) is 3. The second kappa shape index (κ2) is 12.2. The molecule has 8 nitrogen and oxygen atoms in total. The van der Waals surface area contributed by atoms with Crippen molar-refractivity contribution in [3.8, 4) is 17.2 Å². The van der Waals surface area contributed by atoms with Crippen LogP contribution < -0.4 is 19.1 Å². The molecule has 3 aromatic carbocycles. The van der Waals surface area contributed by atoms with Crippen molar-refractivity contribution in [1.82, 2.24) is 4.98 Å². The lowest BCUT2D eigenvalue weighted by molar-refractivity contribution is -0.132. The van der Waals surface area contributed by atoms with E-state index in [-0.39, 0.29) is 11.3 Å². The van der Waals surface area contributed by atoms with Gasteiger partial charge in [-0.3, -0.25) is 14.5 Å². The average molecular weight is 593 g/mol. The Labute approximate surface area is 246 Å². The van der Waals surface area contributed by atoms with Gasteiger partial charge in [0.25, 0.3) is 5.78 Å². The predicted octanol–water partition coefficient (Wildman–Crippen LogP) is 7.16. The first kappa shape index (κ1) is 28.4. The van der Waals surface area contributed by atoms with Gasteiger partial charge in [0.15, 0.2) is 16.6 Å². The highest BCUT2D eigenvalue weighted by atomic mass is 35.5. The molecule has 1 atom stereocenters. The number of aliphatic hydroxyl groups is 1. The van der Waals surface area contributed by atoms with Crippen molar-refractivity contribution >= 4 is 55.7 Å². The number of hydrogen-bond donors (Lipinski definition) is 1. The molecule has 2 heterocycles. The van der Waals surface area contributed by atoms with Gasteiger partial charge >= 0.3 is 5.91 Å². The summed E-state index contributed by atoms with van der Waals surface area (Å²) in [5.74, 6) is -0.262. The van der Waals surface area contributed by atoms with E-state index in [1.54, 1.807) is 60.7 Å². The van der Waals surface area contributed by atoms with Crippen LogP contribution in [0.5, 0.6) is 17.2 Å². The molecule has 212 valence electrons. The second-order valence-electron chi connectivity index (χ2n) is 9.22. The highest BCUT2D eigenvalue weighted by Crippen LogP contribution is 2.46. The van der Waals surface area contributed by atoms with Crippen molar-refractivity contribution in [2.24, 2.45) is 0 Å². The van der Waals surface area contributed by atoms with E-state index in [0.29, 0.717) is 63.9 Å². The van der Waals surface area contributed by atoms with Gasteiger partial charge in [0, 0.05) is 10.6 Å². The lowest BCUT2D eigenvalue weighted by Crippen LogP contribution is -2.29. The van der Waals surface area contributed by atoms with Crippen LogP contribution in [0.15, 0.2) is 66.2 Å². The van der Waals surface area contributed by atoms with Crippen LogP contribution in [0.4, 0.5) is 5.13 Å². The summed E-state index contributed by atoms with van der Waals surface area (Å²) in [7, 11) is 0. The van der Waals surface area contributed by atoms with Gasteiger partial charge in [-0.15, -0.1) is 0 Å². The fraction of sp³-hybridized carbons (Fsp3) is 0.258. The Hall–Kier alpha value is -4.08. The fourth-order valence-electron chi connectivity index (χ4n) is 4.66. The first-order chi connectivity index (χ1) is 19.9. The highest BCUT2D eigenvalue weighted by molar-refractivity contribution is 7.22. The van der Waals surface area contributed by atoms with Crippen LogP contribution in [0.2, 0.25) is 5.02 Å². The fourth-order valence-corrected chi connectivity index (χ4v) is 5.93. The number of aliphatic hydroxyl groups excluding tert-OH is 1. The van der Waals surface area contributed by atoms with Crippen molar-refractivity contribution in [2.45, 2.75) is 33.2 Å². The number of ketones is 1. The molecule has 1 fully saturated rings. The van der Waals surface area contributed by atoms with Crippen LogP contribution in [0.3, 0.4) is 0 Å². The van der Waals surface area contributed by atoms with Crippen LogP contribution in [0, 0.1) is 0 Å². The van der Waals surface area contributed by atoms with Gasteiger partial charge in [0.2, 0.25) is 0 Å². The van der Waals surface area contributed by atoms with Crippen LogP contribution in [-0.4, -0.2) is 41.6 Å². The summed E-state index contributed by atoms with van der Waals surface area (Å²) >= 11 is 7.43. The molecule has 1 N–H and O–H groups in total. The summed E-state index contributed by atoms with van der Waals surface area (Å²) < 4.78 is 18.0. The molecule has 1 saturated heterocycles. The summed E-state index contributed by atoms with van der Waals surface area (Å²) in [6.07, 6.45) is 0.817. The number of aromatic nitrogens is 1. The minimum absolute atomic E-state index is 0.0545. The molecular formula is C31H29ClN2O6S. The monoisotopic (exact) mass is 592 g/mol. The lowest BCUT2D eigenvalue weighted by atomic mass is 9.95. The van der Waals surface area contributed by atoms with Crippen molar-refractivity contribution in [3.63, 3.8) is 0 Å². The largest absolute Gasteiger partial charge is 0.507 e. The van der Waals surface area contributed by atoms with E-state index in [1.165, 1.54) is 16.2 Å². The van der Waals surface area contributed by atoms with Gasteiger partial charge in [0.05, 0.1) is 41.7 Å². The van der Waals surface area contributed by atoms with Crippen molar-refractivity contribution in [2.75, 3.05) is 24.7 Å². The topological polar surface area (TPSA) is 98.2 Å². The number of Topliss-reactive ketones (excluding diaryl/α,β-unsaturated/α-hetero) is 1. The number of hydrogen-bond acceptors (Lipinski definition) is 8. The highest BCUT2D eigenvalue weighted by Gasteiger charge is 2.48. The molecule has 0 bridgehead atoms. The van der Waals surface area contributed by atoms with E-state index in [9.17, 15) is 14.7 Å². The maximum absolute atomic E-state index is 13.6. The lowest BCUT2D eigenvalue weighted by Gasteiger charge is -2.24. The smallest absolute Gasteiger partial charge is 0.301 e. The van der Waals surface area contributed by atoms with Gasteiger partial charge in [0.1, 0.15) is 11.5 Å². The maximum atomic E-state index is 13.6. The summed E-state index contributed by atoms with van der Waals surface area (Å²) in [4.78, 5) is 33.2. The molecule has 1 aliphatic heterocycles.